The third-order valence-corrected chi connectivity index (χ3v) is 3.37. The van der Waals surface area contributed by atoms with Crippen LogP contribution in [0.5, 0.6) is 0 Å². The summed E-state index contributed by atoms with van der Waals surface area (Å²) in [6.07, 6.45) is 2.34. The molecule has 1 saturated carbocycles. The molecule has 18 heavy (non-hydrogen) atoms. The fraction of sp³-hybridized carbons (Fsp3) is 0.385. The minimum Gasteiger partial charge on any atom is -0.478 e. The zero-order valence-corrected chi connectivity index (χ0v) is 9.85. The second-order valence-electron chi connectivity index (χ2n) is 4.88. The Morgan fingerprint density at radius 2 is 2.22 bits per heavy atom. The Labute approximate surface area is 104 Å². The molecule has 0 radical (unpaired) electrons. The fourth-order valence-electron chi connectivity index (χ4n) is 2.37. The van der Waals surface area contributed by atoms with Crippen LogP contribution in [0.3, 0.4) is 0 Å². The number of hydrogen-bond donors (Lipinski definition) is 2. The molecule has 2 N–H and O–H groups in total. The van der Waals surface area contributed by atoms with Crippen LogP contribution in [0.2, 0.25) is 0 Å². The van der Waals surface area contributed by atoms with E-state index in [1.165, 1.54) is 12.8 Å². The average Bonchev–Trinajstić information content (AvgIpc) is 3.11. The van der Waals surface area contributed by atoms with Crippen LogP contribution in [0.15, 0.2) is 18.2 Å². The molecule has 0 saturated heterocycles. The predicted molar refractivity (Wildman–Crippen MR) is 67.0 cm³/mol. The second-order valence-corrected chi connectivity index (χ2v) is 4.88. The molecule has 0 aromatic heterocycles. The molecule has 1 fully saturated rings. The Balaban J connectivity index is 2.04. The van der Waals surface area contributed by atoms with Crippen molar-refractivity contribution in [2.45, 2.75) is 12.8 Å². The standard InChI is InChI=1S/C13H14N2O3/c16-11-7-15(6-8-4-5-8)12-9(13(17)18)2-1-3-10(12)14-11/h1-3,8H,4-7H2,(H,14,16)(H,17,18). The first-order valence-corrected chi connectivity index (χ1v) is 6.06. The summed E-state index contributed by atoms with van der Waals surface area (Å²) in [5, 5.41) is 12.0. The summed E-state index contributed by atoms with van der Waals surface area (Å²) in [4.78, 5) is 24.8. The van der Waals surface area contributed by atoms with E-state index in [0.717, 1.165) is 6.54 Å². The number of benzene rings is 1. The van der Waals surface area contributed by atoms with Crippen LogP contribution in [-0.2, 0) is 4.79 Å². The summed E-state index contributed by atoms with van der Waals surface area (Å²) < 4.78 is 0. The number of para-hydroxylation sites is 1. The molecule has 1 aliphatic heterocycles. The van der Waals surface area contributed by atoms with Crippen LogP contribution < -0.4 is 10.2 Å². The Morgan fingerprint density at radius 1 is 1.44 bits per heavy atom. The molecule has 94 valence electrons. The SMILES string of the molecule is O=C1CN(CC2CC2)c2c(cccc2C(=O)O)N1. The average molecular weight is 246 g/mol. The zero-order chi connectivity index (χ0) is 12.7. The van der Waals surface area contributed by atoms with E-state index < -0.39 is 5.97 Å². The molecule has 1 amide bonds. The number of carboxylic acid groups (broad SMARTS) is 1. The van der Waals surface area contributed by atoms with Crippen molar-refractivity contribution >= 4 is 23.3 Å². The van der Waals surface area contributed by atoms with Crippen LogP contribution in [-0.4, -0.2) is 30.1 Å². The molecular weight excluding hydrogens is 232 g/mol. The van der Waals surface area contributed by atoms with E-state index in [-0.39, 0.29) is 18.0 Å². The normalized spacial score (nSPS) is 18.2. The monoisotopic (exact) mass is 246 g/mol. The number of carbonyl (C=O) groups is 2. The van der Waals surface area contributed by atoms with E-state index in [1.54, 1.807) is 18.2 Å². The molecule has 0 unspecified atom stereocenters. The molecule has 0 spiro atoms. The molecule has 1 aliphatic carbocycles. The maximum atomic E-state index is 11.6. The van der Waals surface area contributed by atoms with Gasteiger partial charge in [-0.1, -0.05) is 6.07 Å². The second kappa shape index (κ2) is 4.01. The van der Waals surface area contributed by atoms with Gasteiger partial charge in [-0.3, -0.25) is 4.79 Å². The number of nitrogens with zero attached hydrogens (tertiary/aromatic N) is 1. The van der Waals surface area contributed by atoms with Gasteiger partial charge in [0.25, 0.3) is 0 Å². The van der Waals surface area contributed by atoms with E-state index in [2.05, 4.69) is 5.32 Å². The van der Waals surface area contributed by atoms with Crippen LogP contribution >= 0.6 is 0 Å². The van der Waals surface area contributed by atoms with Crippen molar-refractivity contribution < 1.29 is 14.7 Å². The summed E-state index contributed by atoms with van der Waals surface area (Å²) in [5.41, 5.74) is 1.51. The molecule has 5 heteroatoms. The van der Waals surface area contributed by atoms with E-state index in [4.69, 9.17) is 0 Å². The number of fused-ring (bicyclic) bond motifs is 1. The molecule has 5 nitrogen and oxygen atoms in total. The van der Waals surface area contributed by atoms with Crippen LogP contribution in [0.25, 0.3) is 0 Å². The van der Waals surface area contributed by atoms with Gasteiger partial charge in [-0.05, 0) is 30.9 Å². The third kappa shape index (κ3) is 1.92. The Bertz CT molecular complexity index is 523. The quantitative estimate of drug-likeness (QED) is 0.849. The molecule has 1 aromatic carbocycles. The number of carbonyl (C=O) groups excluding carboxylic acids is 1. The summed E-state index contributed by atoms with van der Waals surface area (Å²) in [6.45, 7) is 1.01. The largest absolute Gasteiger partial charge is 0.478 e. The molecule has 2 aliphatic rings. The van der Waals surface area contributed by atoms with Crippen molar-refractivity contribution in [2.75, 3.05) is 23.3 Å². The smallest absolute Gasteiger partial charge is 0.337 e. The van der Waals surface area contributed by atoms with Crippen molar-refractivity contribution in [1.29, 1.82) is 0 Å². The van der Waals surface area contributed by atoms with Crippen LogP contribution in [0, 0.1) is 5.92 Å². The minimum atomic E-state index is -0.955. The van der Waals surface area contributed by atoms with Crippen molar-refractivity contribution in [3.05, 3.63) is 23.8 Å². The molecule has 1 aromatic rings. The molecule has 0 atom stereocenters. The zero-order valence-electron chi connectivity index (χ0n) is 9.85. The van der Waals surface area contributed by atoms with E-state index >= 15 is 0 Å². The van der Waals surface area contributed by atoms with Crippen molar-refractivity contribution in [2.24, 2.45) is 5.92 Å². The maximum absolute atomic E-state index is 11.6. The van der Waals surface area contributed by atoms with Gasteiger partial charge in [-0.15, -0.1) is 0 Å². The van der Waals surface area contributed by atoms with Gasteiger partial charge >= 0.3 is 5.97 Å². The predicted octanol–water partition coefficient (Wildman–Crippen LogP) is 1.55. The first kappa shape index (κ1) is 11.1. The summed E-state index contributed by atoms with van der Waals surface area (Å²) in [7, 11) is 0. The molecule has 3 rings (SSSR count). The lowest BCUT2D eigenvalue weighted by molar-refractivity contribution is -0.115. The highest BCUT2D eigenvalue weighted by atomic mass is 16.4. The van der Waals surface area contributed by atoms with Gasteiger partial charge in [0.2, 0.25) is 5.91 Å². The van der Waals surface area contributed by atoms with Gasteiger partial charge < -0.3 is 15.3 Å². The first-order chi connectivity index (χ1) is 8.65. The van der Waals surface area contributed by atoms with Crippen molar-refractivity contribution in [1.82, 2.24) is 0 Å². The van der Waals surface area contributed by atoms with E-state index in [1.807, 2.05) is 4.90 Å². The van der Waals surface area contributed by atoms with E-state index in [9.17, 15) is 14.7 Å². The molecule has 1 heterocycles. The summed E-state index contributed by atoms with van der Waals surface area (Å²) in [5.74, 6) is -0.430. The Kier molecular flexibility index (Phi) is 2.47. The summed E-state index contributed by atoms with van der Waals surface area (Å²) >= 11 is 0. The fourth-order valence-corrected chi connectivity index (χ4v) is 2.37. The number of amides is 1. The van der Waals surface area contributed by atoms with Crippen LogP contribution in [0.4, 0.5) is 11.4 Å². The number of nitrogens with one attached hydrogen (secondary N) is 1. The highest BCUT2D eigenvalue weighted by molar-refractivity contribution is 6.07. The van der Waals surface area contributed by atoms with Gasteiger partial charge in [-0.2, -0.15) is 0 Å². The lowest BCUT2D eigenvalue weighted by Crippen LogP contribution is -2.40. The van der Waals surface area contributed by atoms with Gasteiger partial charge in [0.15, 0.2) is 0 Å². The Hall–Kier alpha value is -2.04. The number of anilines is 2. The van der Waals surface area contributed by atoms with E-state index in [0.29, 0.717) is 17.3 Å². The lowest BCUT2D eigenvalue weighted by Gasteiger charge is -2.32. The highest BCUT2D eigenvalue weighted by Crippen LogP contribution is 2.37. The Morgan fingerprint density at radius 3 is 2.89 bits per heavy atom. The van der Waals surface area contributed by atoms with Crippen molar-refractivity contribution in [3.8, 4) is 0 Å². The van der Waals surface area contributed by atoms with Gasteiger partial charge in [0.1, 0.15) is 0 Å². The van der Waals surface area contributed by atoms with Crippen LogP contribution in [0.1, 0.15) is 23.2 Å². The van der Waals surface area contributed by atoms with Gasteiger partial charge in [0.05, 0.1) is 23.5 Å². The van der Waals surface area contributed by atoms with Gasteiger partial charge in [0, 0.05) is 6.54 Å². The number of hydrogen-bond acceptors (Lipinski definition) is 3. The molecular formula is C13H14N2O3. The number of rotatable bonds is 3. The highest BCUT2D eigenvalue weighted by Gasteiger charge is 2.31. The summed E-state index contributed by atoms with van der Waals surface area (Å²) in [6, 6.07) is 4.99. The first-order valence-electron chi connectivity index (χ1n) is 6.06. The maximum Gasteiger partial charge on any atom is 0.337 e. The minimum absolute atomic E-state index is 0.0781. The number of aromatic carboxylic acids is 1. The number of carboxylic acids is 1. The van der Waals surface area contributed by atoms with Crippen molar-refractivity contribution in [3.63, 3.8) is 0 Å². The topological polar surface area (TPSA) is 69.6 Å². The molecule has 0 bridgehead atoms. The lowest BCUT2D eigenvalue weighted by atomic mass is 10.1. The van der Waals surface area contributed by atoms with Gasteiger partial charge in [-0.25, -0.2) is 4.79 Å². The third-order valence-electron chi connectivity index (χ3n) is 3.37.